The van der Waals surface area contributed by atoms with Crippen LogP contribution >= 0.6 is 0 Å². The summed E-state index contributed by atoms with van der Waals surface area (Å²) in [5, 5.41) is 3.09. The van der Waals surface area contributed by atoms with Gasteiger partial charge in [0.1, 0.15) is 12.4 Å². The molecule has 2 rings (SSSR count). The molecule has 1 N–H and O–H groups in total. The average Bonchev–Trinajstić information content (AvgIpc) is 2.83. The van der Waals surface area contributed by atoms with Gasteiger partial charge in [-0.1, -0.05) is 0 Å². The summed E-state index contributed by atoms with van der Waals surface area (Å²) < 4.78 is 5.75. The number of nitrogens with one attached hydrogen (secondary N) is 1. The Balaban J connectivity index is 1.75. The first kappa shape index (κ1) is 12.3. The van der Waals surface area contributed by atoms with Crippen molar-refractivity contribution in [1.29, 1.82) is 0 Å². The normalized spacial score (nSPS) is 16.3. The van der Waals surface area contributed by atoms with E-state index in [1.165, 1.54) is 25.9 Å². The van der Waals surface area contributed by atoms with Crippen molar-refractivity contribution in [2.75, 3.05) is 33.3 Å². The molecule has 0 aromatic carbocycles. The summed E-state index contributed by atoms with van der Waals surface area (Å²) in [7, 11) is 1.92. The molecule has 1 fully saturated rings. The monoisotopic (exact) mass is 235 g/mol. The van der Waals surface area contributed by atoms with Gasteiger partial charge in [0.15, 0.2) is 0 Å². The van der Waals surface area contributed by atoms with E-state index in [2.05, 4.69) is 15.2 Å². The molecule has 4 nitrogen and oxygen atoms in total. The van der Waals surface area contributed by atoms with Crippen molar-refractivity contribution >= 4 is 0 Å². The van der Waals surface area contributed by atoms with Gasteiger partial charge in [0.05, 0.1) is 5.69 Å². The number of pyridine rings is 1. The van der Waals surface area contributed by atoms with Crippen LogP contribution < -0.4 is 10.1 Å². The van der Waals surface area contributed by atoms with Gasteiger partial charge in [0.25, 0.3) is 0 Å². The zero-order valence-electron chi connectivity index (χ0n) is 10.5. The molecule has 4 heteroatoms. The molecule has 1 saturated heterocycles. The minimum atomic E-state index is 0.767. The second-order valence-corrected chi connectivity index (χ2v) is 4.41. The smallest absolute Gasteiger partial charge is 0.122 e. The van der Waals surface area contributed by atoms with Crippen molar-refractivity contribution in [3.05, 3.63) is 24.0 Å². The molecule has 0 amide bonds. The highest BCUT2D eigenvalue weighted by Crippen LogP contribution is 2.12. The number of nitrogens with zero attached hydrogens (tertiary/aromatic N) is 2. The van der Waals surface area contributed by atoms with E-state index in [9.17, 15) is 0 Å². The quantitative estimate of drug-likeness (QED) is 0.806. The highest BCUT2D eigenvalue weighted by atomic mass is 16.5. The summed E-state index contributed by atoms with van der Waals surface area (Å²) in [4.78, 5) is 6.72. The molecule has 0 spiro atoms. The summed E-state index contributed by atoms with van der Waals surface area (Å²) in [6.45, 7) is 5.03. The van der Waals surface area contributed by atoms with Crippen molar-refractivity contribution in [2.45, 2.75) is 19.4 Å². The molecule has 0 saturated carbocycles. The molecule has 0 bridgehead atoms. The van der Waals surface area contributed by atoms with Crippen LogP contribution in [0.5, 0.6) is 5.75 Å². The van der Waals surface area contributed by atoms with Crippen molar-refractivity contribution in [3.8, 4) is 5.75 Å². The van der Waals surface area contributed by atoms with E-state index >= 15 is 0 Å². The van der Waals surface area contributed by atoms with Crippen molar-refractivity contribution < 1.29 is 4.74 Å². The van der Waals surface area contributed by atoms with Crippen molar-refractivity contribution in [2.24, 2.45) is 0 Å². The molecule has 2 heterocycles. The molecule has 1 aliphatic rings. The molecule has 0 radical (unpaired) electrons. The fraction of sp³-hybridized carbons (Fsp3) is 0.615. The van der Waals surface area contributed by atoms with Crippen LogP contribution in [0.15, 0.2) is 18.3 Å². The minimum absolute atomic E-state index is 0.767. The average molecular weight is 235 g/mol. The van der Waals surface area contributed by atoms with Crippen LogP contribution in [0.25, 0.3) is 0 Å². The van der Waals surface area contributed by atoms with Crippen LogP contribution in [-0.4, -0.2) is 43.2 Å². The first-order valence-corrected chi connectivity index (χ1v) is 6.33. The van der Waals surface area contributed by atoms with Crippen LogP contribution in [-0.2, 0) is 6.54 Å². The molecule has 0 aliphatic carbocycles. The Morgan fingerprint density at radius 3 is 3.00 bits per heavy atom. The van der Waals surface area contributed by atoms with Crippen LogP contribution in [0.3, 0.4) is 0 Å². The highest BCUT2D eigenvalue weighted by molar-refractivity contribution is 5.22. The molecule has 1 aromatic rings. The van der Waals surface area contributed by atoms with E-state index < -0.39 is 0 Å². The molecule has 0 atom stereocenters. The minimum Gasteiger partial charge on any atom is -0.492 e. The first-order chi connectivity index (χ1) is 8.38. The number of likely N-dealkylation sites (tertiary alicyclic amines) is 1. The molecule has 1 aliphatic heterocycles. The van der Waals surface area contributed by atoms with Gasteiger partial charge in [-0.3, -0.25) is 9.88 Å². The summed E-state index contributed by atoms with van der Waals surface area (Å²) in [6.07, 6.45) is 4.47. The predicted molar refractivity (Wildman–Crippen MR) is 68.2 cm³/mol. The van der Waals surface area contributed by atoms with Gasteiger partial charge >= 0.3 is 0 Å². The van der Waals surface area contributed by atoms with E-state index in [0.717, 1.165) is 31.1 Å². The molecule has 1 aromatic heterocycles. The van der Waals surface area contributed by atoms with Gasteiger partial charge < -0.3 is 10.1 Å². The van der Waals surface area contributed by atoms with Crippen LogP contribution in [0.1, 0.15) is 18.5 Å². The molecular weight excluding hydrogens is 214 g/mol. The van der Waals surface area contributed by atoms with Gasteiger partial charge in [-0.05, 0) is 39.0 Å². The number of aromatic nitrogens is 1. The van der Waals surface area contributed by atoms with Crippen LogP contribution in [0.2, 0.25) is 0 Å². The van der Waals surface area contributed by atoms with E-state index in [1.54, 1.807) is 6.20 Å². The van der Waals surface area contributed by atoms with E-state index in [1.807, 2.05) is 19.2 Å². The van der Waals surface area contributed by atoms with Gasteiger partial charge in [-0.2, -0.15) is 0 Å². The second-order valence-electron chi connectivity index (χ2n) is 4.41. The Morgan fingerprint density at radius 2 is 2.24 bits per heavy atom. The summed E-state index contributed by atoms with van der Waals surface area (Å²) in [6, 6.07) is 3.92. The van der Waals surface area contributed by atoms with Crippen molar-refractivity contribution in [1.82, 2.24) is 15.2 Å². The summed E-state index contributed by atoms with van der Waals surface area (Å²) in [5.41, 5.74) is 1.02. The number of rotatable bonds is 6. The Kier molecular flexibility index (Phi) is 4.76. The van der Waals surface area contributed by atoms with Crippen LogP contribution in [0.4, 0.5) is 0 Å². The summed E-state index contributed by atoms with van der Waals surface area (Å²) in [5.74, 6) is 0.921. The Morgan fingerprint density at radius 1 is 1.41 bits per heavy atom. The third-order valence-corrected chi connectivity index (χ3v) is 3.02. The third-order valence-electron chi connectivity index (χ3n) is 3.02. The number of ether oxygens (including phenoxy) is 1. The van der Waals surface area contributed by atoms with Gasteiger partial charge in [-0.25, -0.2) is 0 Å². The Labute approximate surface area is 103 Å². The molecule has 0 unspecified atom stereocenters. The maximum Gasteiger partial charge on any atom is 0.122 e. The SMILES string of the molecule is CNCc1cc(OCCN2CCCC2)ccn1. The molecule has 17 heavy (non-hydrogen) atoms. The van der Waals surface area contributed by atoms with Gasteiger partial charge in [-0.15, -0.1) is 0 Å². The Bertz CT molecular complexity index is 337. The van der Waals surface area contributed by atoms with Crippen LogP contribution in [0, 0.1) is 0 Å². The topological polar surface area (TPSA) is 37.4 Å². The number of hydrogen-bond donors (Lipinski definition) is 1. The van der Waals surface area contributed by atoms with E-state index in [-0.39, 0.29) is 0 Å². The maximum absolute atomic E-state index is 5.75. The lowest BCUT2D eigenvalue weighted by molar-refractivity contribution is 0.237. The zero-order chi connectivity index (χ0) is 11.9. The van der Waals surface area contributed by atoms with Crippen molar-refractivity contribution in [3.63, 3.8) is 0 Å². The second kappa shape index (κ2) is 6.57. The lowest BCUT2D eigenvalue weighted by Crippen LogP contribution is -2.25. The Hall–Kier alpha value is -1.13. The highest BCUT2D eigenvalue weighted by Gasteiger charge is 2.10. The predicted octanol–water partition coefficient (Wildman–Crippen LogP) is 1.28. The zero-order valence-corrected chi connectivity index (χ0v) is 10.5. The van der Waals surface area contributed by atoms with Gasteiger partial charge in [0.2, 0.25) is 0 Å². The lowest BCUT2D eigenvalue weighted by Gasteiger charge is -2.15. The van der Waals surface area contributed by atoms with Gasteiger partial charge in [0, 0.05) is 25.4 Å². The fourth-order valence-corrected chi connectivity index (χ4v) is 2.12. The lowest BCUT2D eigenvalue weighted by atomic mass is 10.3. The third kappa shape index (κ3) is 3.98. The molecule has 94 valence electrons. The van der Waals surface area contributed by atoms with E-state index in [0.29, 0.717) is 0 Å². The standard InChI is InChI=1S/C13H21N3O/c1-14-11-12-10-13(4-5-15-12)17-9-8-16-6-2-3-7-16/h4-5,10,14H,2-3,6-9,11H2,1H3. The fourth-order valence-electron chi connectivity index (χ4n) is 2.12. The maximum atomic E-state index is 5.75. The molecular formula is C13H21N3O. The largest absolute Gasteiger partial charge is 0.492 e. The summed E-state index contributed by atoms with van der Waals surface area (Å²) >= 11 is 0. The number of hydrogen-bond acceptors (Lipinski definition) is 4. The first-order valence-electron chi connectivity index (χ1n) is 6.33. The van der Waals surface area contributed by atoms with E-state index in [4.69, 9.17) is 4.74 Å².